The number of halogens is 3. The van der Waals surface area contributed by atoms with E-state index in [0.717, 1.165) is 17.2 Å². The lowest BCUT2D eigenvalue weighted by Gasteiger charge is -2.26. The second kappa shape index (κ2) is 11.7. The van der Waals surface area contributed by atoms with Crippen LogP contribution in [-0.2, 0) is 12.8 Å². The molecule has 0 spiro atoms. The van der Waals surface area contributed by atoms with Crippen molar-refractivity contribution in [3.05, 3.63) is 123 Å². The van der Waals surface area contributed by atoms with Crippen molar-refractivity contribution in [2.45, 2.75) is 46.5 Å². The molecule has 0 saturated heterocycles. The van der Waals surface area contributed by atoms with Gasteiger partial charge in [-0.1, -0.05) is 39.0 Å². The molecule has 1 unspecified atom stereocenters. The smallest absolute Gasteiger partial charge is 0.267 e. The number of aromatic nitrogens is 3. The van der Waals surface area contributed by atoms with E-state index in [1.165, 1.54) is 29.0 Å². The Bertz CT molecular complexity index is 1860. The molecule has 0 radical (unpaired) electrons. The third-order valence-corrected chi connectivity index (χ3v) is 7.77. The highest BCUT2D eigenvalue weighted by atomic mass is 19.1. The summed E-state index contributed by atoms with van der Waals surface area (Å²) in [5, 5.41) is 8.29. The molecule has 0 aliphatic heterocycles. The number of hydrogen-bond acceptors (Lipinski definition) is 4. The Kier molecular flexibility index (Phi) is 8.07. The predicted octanol–water partition coefficient (Wildman–Crippen LogP) is 7.72. The van der Waals surface area contributed by atoms with Gasteiger partial charge in [0.05, 0.1) is 16.8 Å². The fraction of sp³-hybridized carbons (Fsp3) is 0.235. The predicted molar refractivity (Wildman–Crippen MR) is 160 cm³/mol. The minimum absolute atomic E-state index is 0.0980. The van der Waals surface area contributed by atoms with Gasteiger partial charge in [0.15, 0.2) is 5.65 Å². The molecule has 214 valence electrons. The Morgan fingerprint density at radius 1 is 0.952 bits per heavy atom. The van der Waals surface area contributed by atoms with E-state index in [9.17, 15) is 18.0 Å². The van der Waals surface area contributed by atoms with Gasteiger partial charge < -0.3 is 5.41 Å². The van der Waals surface area contributed by atoms with Crippen molar-refractivity contribution in [3.63, 3.8) is 0 Å². The van der Waals surface area contributed by atoms with Crippen LogP contribution >= 0.6 is 0 Å². The topological polar surface area (TPSA) is 71.6 Å². The van der Waals surface area contributed by atoms with E-state index < -0.39 is 23.4 Å². The summed E-state index contributed by atoms with van der Waals surface area (Å²) in [6.45, 7) is 7.78. The molecule has 42 heavy (non-hydrogen) atoms. The third kappa shape index (κ3) is 5.36. The van der Waals surface area contributed by atoms with Gasteiger partial charge in [-0.15, -0.1) is 0 Å². The Hall–Kier alpha value is -4.59. The molecule has 0 aliphatic rings. The van der Waals surface area contributed by atoms with E-state index in [-0.39, 0.29) is 34.5 Å². The van der Waals surface area contributed by atoms with Crippen molar-refractivity contribution < 1.29 is 13.2 Å². The summed E-state index contributed by atoms with van der Waals surface area (Å²) in [5.74, 6) is -2.00. The SMILES string of the molecule is CCc1ccc(-n2c(C(Cc3cc(F)cc(F)c3)C(C)C)nc3nc(-c4ccccc4F)ccc3c2=O)c(C)c1C=N. The zero-order chi connectivity index (χ0) is 30.1. The fourth-order valence-corrected chi connectivity index (χ4v) is 5.52. The van der Waals surface area contributed by atoms with Crippen LogP contribution in [0.2, 0.25) is 0 Å². The van der Waals surface area contributed by atoms with Crippen molar-refractivity contribution in [1.29, 1.82) is 5.41 Å². The van der Waals surface area contributed by atoms with E-state index in [0.29, 0.717) is 34.8 Å². The van der Waals surface area contributed by atoms with E-state index in [1.54, 1.807) is 30.3 Å². The summed E-state index contributed by atoms with van der Waals surface area (Å²) in [6.07, 6.45) is 2.21. The van der Waals surface area contributed by atoms with Crippen molar-refractivity contribution in [2.75, 3.05) is 0 Å². The van der Waals surface area contributed by atoms with Gasteiger partial charge in [-0.25, -0.2) is 23.1 Å². The standard InChI is InChI=1S/C34H31F3N4O/c1-5-22-10-13-31(20(4)28(22)18-38)41-33(27(19(2)3)16-21-14-23(35)17-24(36)15-21)40-32-26(34(41)42)11-12-30(39-32)25-8-6-7-9-29(25)37/h6-15,17-19,27,38H,5,16H2,1-4H3. The van der Waals surface area contributed by atoms with Gasteiger partial charge in [-0.05, 0) is 84.8 Å². The molecule has 5 nitrogen and oxygen atoms in total. The average Bonchev–Trinajstić information content (AvgIpc) is 2.95. The Morgan fingerprint density at radius 2 is 1.67 bits per heavy atom. The van der Waals surface area contributed by atoms with E-state index in [1.807, 2.05) is 39.8 Å². The zero-order valence-corrected chi connectivity index (χ0v) is 23.9. The normalized spacial score (nSPS) is 12.2. The first-order valence-electron chi connectivity index (χ1n) is 13.9. The minimum Gasteiger partial charge on any atom is -0.308 e. The number of hydrogen-bond donors (Lipinski definition) is 1. The highest BCUT2D eigenvalue weighted by Gasteiger charge is 2.27. The molecule has 0 fully saturated rings. The number of nitrogens with zero attached hydrogens (tertiary/aromatic N) is 3. The van der Waals surface area contributed by atoms with Crippen molar-refractivity contribution in [2.24, 2.45) is 5.92 Å². The van der Waals surface area contributed by atoms with Crippen molar-refractivity contribution in [3.8, 4) is 16.9 Å². The molecule has 0 bridgehead atoms. The summed E-state index contributed by atoms with van der Waals surface area (Å²) in [4.78, 5) is 23.8. The number of nitrogens with one attached hydrogen (secondary N) is 1. The third-order valence-electron chi connectivity index (χ3n) is 7.77. The summed E-state index contributed by atoms with van der Waals surface area (Å²) in [5.41, 5.74) is 3.82. The molecule has 3 aromatic carbocycles. The number of rotatable bonds is 8. The largest absolute Gasteiger partial charge is 0.308 e. The maximum Gasteiger partial charge on any atom is 0.267 e. The molecule has 1 N–H and O–H groups in total. The van der Waals surface area contributed by atoms with E-state index in [2.05, 4.69) is 4.98 Å². The molecule has 5 rings (SSSR count). The maximum atomic E-state index is 14.6. The maximum absolute atomic E-state index is 14.6. The monoisotopic (exact) mass is 568 g/mol. The lowest BCUT2D eigenvalue weighted by Crippen LogP contribution is -2.29. The quantitative estimate of drug-likeness (QED) is 0.195. The van der Waals surface area contributed by atoms with Gasteiger partial charge in [-0.2, -0.15) is 0 Å². The number of fused-ring (bicyclic) bond motifs is 1. The van der Waals surface area contributed by atoms with Gasteiger partial charge in [0.2, 0.25) is 0 Å². The fourth-order valence-electron chi connectivity index (χ4n) is 5.52. The number of aryl methyl sites for hydroxylation is 1. The first-order valence-corrected chi connectivity index (χ1v) is 13.9. The van der Waals surface area contributed by atoms with E-state index >= 15 is 0 Å². The summed E-state index contributed by atoms with van der Waals surface area (Å²) >= 11 is 0. The molecule has 2 heterocycles. The van der Waals surface area contributed by atoms with Crippen LogP contribution in [-0.4, -0.2) is 20.7 Å². The van der Waals surface area contributed by atoms with Crippen LogP contribution in [0.1, 0.15) is 54.8 Å². The van der Waals surface area contributed by atoms with E-state index in [4.69, 9.17) is 10.4 Å². The van der Waals surface area contributed by atoms with Gasteiger partial charge in [-0.3, -0.25) is 9.36 Å². The highest BCUT2D eigenvalue weighted by Crippen LogP contribution is 2.32. The zero-order valence-electron chi connectivity index (χ0n) is 23.9. The van der Waals surface area contributed by atoms with Gasteiger partial charge in [0, 0.05) is 29.3 Å². The van der Waals surface area contributed by atoms with Gasteiger partial charge >= 0.3 is 0 Å². The van der Waals surface area contributed by atoms with Crippen LogP contribution in [0.5, 0.6) is 0 Å². The first kappa shape index (κ1) is 28.9. The Balaban J connectivity index is 1.82. The molecule has 0 amide bonds. The van der Waals surface area contributed by atoms with Crippen LogP contribution in [0.3, 0.4) is 0 Å². The van der Waals surface area contributed by atoms with Crippen molar-refractivity contribution in [1.82, 2.24) is 14.5 Å². The molecule has 2 aromatic heterocycles. The summed E-state index contributed by atoms with van der Waals surface area (Å²) in [7, 11) is 0. The molecule has 0 aliphatic carbocycles. The Labute approximate surface area is 242 Å². The molecule has 5 aromatic rings. The first-order chi connectivity index (χ1) is 20.1. The number of benzene rings is 3. The summed E-state index contributed by atoms with van der Waals surface area (Å²) < 4.78 is 44.5. The molecular weight excluding hydrogens is 537 g/mol. The highest BCUT2D eigenvalue weighted by molar-refractivity contribution is 5.84. The van der Waals surface area contributed by atoms with Crippen LogP contribution in [0.4, 0.5) is 13.2 Å². The molecular formula is C34H31F3N4O. The Morgan fingerprint density at radius 3 is 2.31 bits per heavy atom. The van der Waals surface area contributed by atoms with Crippen LogP contribution in [0, 0.1) is 35.7 Å². The summed E-state index contributed by atoms with van der Waals surface area (Å²) in [6, 6.07) is 16.6. The minimum atomic E-state index is -0.686. The van der Waals surface area contributed by atoms with Crippen LogP contribution in [0.15, 0.2) is 71.5 Å². The molecule has 1 atom stereocenters. The average molecular weight is 569 g/mol. The lowest BCUT2D eigenvalue weighted by atomic mass is 9.87. The second-order valence-electron chi connectivity index (χ2n) is 10.8. The van der Waals surface area contributed by atoms with Crippen LogP contribution < -0.4 is 5.56 Å². The molecule has 8 heteroatoms. The van der Waals surface area contributed by atoms with Crippen molar-refractivity contribution >= 4 is 17.2 Å². The van der Waals surface area contributed by atoms with Gasteiger partial charge in [0.25, 0.3) is 5.56 Å². The van der Waals surface area contributed by atoms with Crippen LogP contribution in [0.25, 0.3) is 28.0 Å². The lowest BCUT2D eigenvalue weighted by molar-refractivity contribution is 0.460. The second-order valence-corrected chi connectivity index (χ2v) is 10.8. The molecule has 0 saturated carbocycles. The number of pyridine rings is 1. The van der Waals surface area contributed by atoms with Gasteiger partial charge in [0.1, 0.15) is 23.3 Å².